The van der Waals surface area contributed by atoms with E-state index in [-0.39, 0.29) is 5.91 Å². The van der Waals surface area contributed by atoms with Crippen molar-refractivity contribution in [3.05, 3.63) is 47.8 Å². The number of aromatic nitrogens is 2. The molecule has 0 radical (unpaired) electrons. The van der Waals surface area contributed by atoms with Crippen molar-refractivity contribution in [3.8, 4) is 5.75 Å². The number of methoxy groups -OCH3 is 1. The number of hydrogen-bond donors (Lipinski definition) is 2. The predicted molar refractivity (Wildman–Crippen MR) is 96.7 cm³/mol. The summed E-state index contributed by atoms with van der Waals surface area (Å²) in [6.45, 7) is 2.96. The summed E-state index contributed by atoms with van der Waals surface area (Å²) < 4.78 is 5.34. The van der Waals surface area contributed by atoms with Crippen LogP contribution in [0.4, 0.5) is 0 Å². The quantitative estimate of drug-likeness (QED) is 0.807. The largest absolute Gasteiger partial charge is 0.496 e. The van der Waals surface area contributed by atoms with Crippen LogP contribution in [0.2, 0.25) is 0 Å². The fourth-order valence-electron chi connectivity index (χ4n) is 3.45. The molecule has 2 aromatic rings. The second-order valence-electron chi connectivity index (χ2n) is 6.50. The highest BCUT2D eigenvalue weighted by atomic mass is 16.5. The highest BCUT2D eigenvalue weighted by Gasteiger charge is 2.23. The Morgan fingerprint density at radius 2 is 2.28 bits per heavy atom. The summed E-state index contributed by atoms with van der Waals surface area (Å²) >= 11 is 0. The molecule has 1 aromatic carbocycles. The van der Waals surface area contributed by atoms with Gasteiger partial charge in [-0.25, -0.2) is 0 Å². The molecule has 2 N–H and O–H groups in total. The molecule has 0 unspecified atom stereocenters. The van der Waals surface area contributed by atoms with Crippen molar-refractivity contribution in [2.24, 2.45) is 0 Å². The Morgan fingerprint density at radius 1 is 1.40 bits per heavy atom. The van der Waals surface area contributed by atoms with Gasteiger partial charge < -0.3 is 10.1 Å². The van der Waals surface area contributed by atoms with Gasteiger partial charge in [-0.1, -0.05) is 18.2 Å². The van der Waals surface area contributed by atoms with Crippen molar-refractivity contribution < 1.29 is 9.53 Å². The molecule has 0 spiro atoms. The van der Waals surface area contributed by atoms with Crippen LogP contribution in [0.25, 0.3) is 0 Å². The van der Waals surface area contributed by atoms with E-state index in [0.717, 1.165) is 43.7 Å². The third-order valence-corrected chi connectivity index (χ3v) is 4.74. The minimum Gasteiger partial charge on any atom is -0.496 e. The van der Waals surface area contributed by atoms with E-state index in [1.807, 2.05) is 30.3 Å². The molecule has 0 saturated carbocycles. The monoisotopic (exact) mass is 342 g/mol. The molecule has 1 atom stereocenters. The van der Waals surface area contributed by atoms with Crippen LogP contribution < -0.4 is 10.1 Å². The van der Waals surface area contributed by atoms with Crippen molar-refractivity contribution in [3.63, 3.8) is 0 Å². The van der Waals surface area contributed by atoms with Crippen LogP contribution in [0.15, 0.2) is 36.5 Å². The minimum absolute atomic E-state index is 0.0835. The normalized spacial score (nSPS) is 18.0. The first-order chi connectivity index (χ1) is 12.3. The van der Waals surface area contributed by atoms with Crippen LogP contribution in [0.5, 0.6) is 5.75 Å². The second kappa shape index (κ2) is 8.67. The summed E-state index contributed by atoms with van der Waals surface area (Å²) in [6.07, 6.45) is 4.82. The molecule has 3 rings (SSSR count). The first kappa shape index (κ1) is 17.5. The number of ether oxygens (including phenoxy) is 1. The zero-order valence-electron chi connectivity index (χ0n) is 14.7. The number of carbonyl (C=O) groups is 1. The second-order valence-corrected chi connectivity index (χ2v) is 6.50. The van der Waals surface area contributed by atoms with Crippen LogP contribution in [-0.2, 0) is 11.2 Å². The van der Waals surface area contributed by atoms with Gasteiger partial charge in [0.25, 0.3) is 0 Å². The van der Waals surface area contributed by atoms with Crippen LogP contribution in [0, 0.1) is 0 Å². The van der Waals surface area contributed by atoms with Crippen molar-refractivity contribution in [2.75, 3.05) is 33.3 Å². The lowest BCUT2D eigenvalue weighted by Gasteiger charge is -2.31. The Morgan fingerprint density at radius 3 is 3.08 bits per heavy atom. The summed E-state index contributed by atoms with van der Waals surface area (Å²) in [5.74, 6) is 1.40. The van der Waals surface area contributed by atoms with E-state index in [1.165, 1.54) is 5.69 Å². The number of piperidine rings is 1. The van der Waals surface area contributed by atoms with Gasteiger partial charge in [-0.3, -0.25) is 14.8 Å². The standard InChI is InChI=1S/C19H26N4O2/c1-25-18-7-3-2-5-15(18)8-10-20-19(24)14-23-12-4-6-16(13-23)17-9-11-21-22-17/h2-3,5,7,9,11,16H,4,6,8,10,12-14H2,1H3,(H,20,24)(H,21,22)/t16-/m0/s1. The van der Waals surface area contributed by atoms with E-state index in [4.69, 9.17) is 4.74 Å². The lowest BCUT2D eigenvalue weighted by atomic mass is 9.95. The van der Waals surface area contributed by atoms with E-state index in [0.29, 0.717) is 19.0 Å². The summed E-state index contributed by atoms with van der Waals surface area (Å²) in [6, 6.07) is 9.95. The van der Waals surface area contributed by atoms with Gasteiger partial charge in [0.1, 0.15) is 5.75 Å². The highest BCUT2D eigenvalue weighted by molar-refractivity contribution is 5.78. The van der Waals surface area contributed by atoms with Crippen molar-refractivity contribution in [1.82, 2.24) is 20.4 Å². The first-order valence-electron chi connectivity index (χ1n) is 8.86. The number of rotatable bonds is 7. The average molecular weight is 342 g/mol. The SMILES string of the molecule is COc1ccccc1CCNC(=O)CN1CCC[C@H](c2ccn[nH]2)C1. The van der Waals surface area contributed by atoms with Crippen molar-refractivity contribution in [2.45, 2.75) is 25.2 Å². The van der Waals surface area contributed by atoms with Crippen LogP contribution in [-0.4, -0.2) is 54.3 Å². The maximum atomic E-state index is 12.2. The van der Waals surface area contributed by atoms with Gasteiger partial charge in [0, 0.05) is 30.9 Å². The zero-order chi connectivity index (χ0) is 17.5. The molecule has 1 saturated heterocycles. The van der Waals surface area contributed by atoms with E-state index in [1.54, 1.807) is 13.3 Å². The number of para-hydroxylation sites is 1. The van der Waals surface area contributed by atoms with Gasteiger partial charge in [0.15, 0.2) is 0 Å². The number of nitrogens with zero attached hydrogens (tertiary/aromatic N) is 2. The molecule has 6 nitrogen and oxygen atoms in total. The number of amides is 1. The van der Waals surface area contributed by atoms with Crippen LogP contribution in [0.3, 0.4) is 0 Å². The fraction of sp³-hybridized carbons (Fsp3) is 0.474. The number of aromatic amines is 1. The summed E-state index contributed by atoms with van der Waals surface area (Å²) in [7, 11) is 1.67. The third kappa shape index (κ3) is 4.82. The van der Waals surface area contributed by atoms with E-state index in [2.05, 4.69) is 20.4 Å². The molecule has 25 heavy (non-hydrogen) atoms. The maximum absolute atomic E-state index is 12.2. The molecule has 2 heterocycles. The molecular formula is C19H26N4O2. The Kier molecular flexibility index (Phi) is 6.06. The lowest BCUT2D eigenvalue weighted by molar-refractivity contribution is -0.122. The Bertz CT molecular complexity index is 672. The first-order valence-corrected chi connectivity index (χ1v) is 8.86. The number of benzene rings is 1. The topological polar surface area (TPSA) is 70.2 Å². The van der Waals surface area contributed by atoms with E-state index >= 15 is 0 Å². The molecular weight excluding hydrogens is 316 g/mol. The Hall–Kier alpha value is -2.34. The minimum atomic E-state index is 0.0835. The van der Waals surface area contributed by atoms with Gasteiger partial charge in [-0.15, -0.1) is 0 Å². The molecule has 1 amide bonds. The Balaban J connectivity index is 1.43. The van der Waals surface area contributed by atoms with Crippen molar-refractivity contribution in [1.29, 1.82) is 0 Å². The maximum Gasteiger partial charge on any atom is 0.234 e. The molecule has 1 aliphatic rings. The van der Waals surface area contributed by atoms with Crippen LogP contribution >= 0.6 is 0 Å². The fourth-order valence-corrected chi connectivity index (χ4v) is 3.45. The molecule has 0 bridgehead atoms. The van der Waals surface area contributed by atoms with Crippen LogP contribution in [0.1, 0.15) is 30.0 Å². The van der Waals surface area contributed by atoms with Gasteiger partial charge in [0.05, 0.1) is 13.7 Å². The van der Waals surface area contributed by atoms with E-state index in [9.17, 15) is 4.79 Å². The third-order valence-electron chi connectivity index (χ3n) is 4.74. The van der Waals surface area contributed by atoms with Gasteiger partial charge in [-0.2, -0.15) is 5.10 Å². The predicted octanol–water partition coefficient (Wildman–Crippen LogP) is 1.96. The smallest absolute Gasteiger partial charge is 0.234 e. The number of H-pyrrole nitrogens is 1. The van der Waals surface area contributed by atoms with Gasteiger partial charge in [0.2, 0.25) is 5.91 Å². The zero-order valence-corrected chi connectivity index (χ0v) is 14.7. The molecule has 0 aliphatic carbocycles. The number of carbonyl (C=O) groups excluding carboxylic acids is 1. The van der Waals surface area contributed by atoms with Gasteiger partial charge in [-0.05, 0) is 43.5 Å². The number of nitrogens with one attached hydrogen (secondary N) is 2. The molecule has 6 heteroatoms. The van der Waals surface area contributed by atoms with E-state index < -0.39 is 0 Å². The summed E-state index contributed by atoms with van der Waals surface area (Å²) in [4.78, 5) is 14.5. The number of likely N-dealkylation sites (tertiary alicyclic amines) is 1. The summed E-state index contributed by atoms with van der Waals surface area (Å²) in [5.41, 5.74) is 2.28. The van der Waals surface area contributed by atoms with Crippen molar-refractivity contribution >= 4 is 5.91 Å². The Labute approximate surface area is 148 Å². The lowest BCUT2D eigenvalue weighted by Crippen LogP contribution is -2.42. The molecule has 1 aromatic heterocycles. The highest BCUT2D eigenvalue weighted by Crippen LogP contribution is 2.24. The molecule has 1 aliphatic heterocycles. The molecule has 1 fully saturated rings. The van der Waals surface area contributed by atoms with Gasteiger partial charge >= 0.3 is 0 Å². The number of hydrogen-bond acceptors (Lipinski definition) is 4. The summed E-state index contributed by atoms with van der Waals surface area (Å²) in [5, 5.41) is 10.1. The molecule has 134 valence electrons. The average Bonchev–Trinajstić information content (AvgIpc) is 3.17.